The zero-order chi connectivity index (χ0) is 27.6. The molecule has 0 aliphatic carbocycles. The molecule has 2 N–H and O–H groups in total. The molecule has 0 saturated heterocycles. The van der Waals surface area contributed by atoms with Crippen molar-refractivity contribution in [3.63, 3.8) is 0 Å². The Bertz CT molecular complexity index is 974. The standard InChI is InChI=1S/C29H43NO5S/c1-10-12-19(4)27(33)21(6)28(34)29(8,9)25(31)16-26(32)35-24(14-13-18(3)11-2)20(5)15-23-17-36-22(7)30-23/h10-11,13,15,17,19,21,24-25,27,31,33H,1-2,12,14,16H2,3-9H3/t19-,21+,24-,25-,27-/m0/s1. The van der Waals surface area contributed by atoms with Gasteiger partial charge in [-0.25, -0.2) is 4.98 Å². The fourth-order valence-electron chi connectivity index (χ4n) is 3.90. The molecule has 0 saturated carbocycles. The van der Waals surface area contributed by atoms with Crippen molar-refractivity contribution in [1.82, 2.24) is 4.98 Å². The number of carbonyl (C=O) groups excluding carboxylic acids is 2. The molecule has 0 radical (unpaired) electrons. The number of carbonyl (C=O) groups is 2. The van der Waals surface area contributed by atoms with Crippen LogP contribution in [0.4, 0.5) is 0 Å². The number of ether oxygens (including phenoxy) is 1. The summed E-state index contributed by atoms with van der Waals surface area (Å²) < 4.78 is 5.77. The van der Waals surface area contributed by atoms with Crippen molar-refractivity contribution in [1.29, 1.82) is 0 Å². The van der Waals surface area contributed by atoms with Crippen LogP contribution in [-0.4, -0.2) is 45.3 Å². The maximum Gasteiger partial charge on any atom is 0.309 e. The first-order valence-electron chi connectivity index (χ1n) is 12.3. The highest BCUT2D eigenvalue weighted by molar-refractivity contribution is 7.09. The van der Waals surface area contributed by atoms with E-state index < -0.39 is 35.6 Å². The van der Waals surface area contributed by atoms with Crippen molar-refractivity contribution < 1.29 is 24.5 Å². The molecular formula is C29H43NO5S. The van der Waals surface area contributed by atoms with Crippen LogP contribution in [0.5, 0.6) is 0 Å². The van der Waals surface area contributed by atoms with E-state index in [1.807, 2.05) is 45.2 Å². The minimum absolute atomic E-state index is 0.150. The minimum atomic E-state index is -1.27. The summed E-state index contributed by atoms with van der Waals surface area (Å²) in [4.78, 5) is 30.5. The van der Waals surface area contributed by atoms with Crippen LogP contribution in [0.3, 0.4) is 0 Å². The van der Waals surface area contributed by atoms with Crippen LogP contribution in [0.25, 0.3) is 6.08 Å². The van der Waals surface area contributed by atoms with E-state index in [9.17, 15) is 19.8 Å². The first-order chi connectivity index (χ1) is 16.7. The van der Waals surface area contributed by atoms with Gasteiger partial charge in [0.1, 0.15) is 11.9 Å². The van der Waals surface area contributed by atoms with E-state index in [-0.39, 0.29) is 18.1 Å². The van der Waals surface area contributed by atoms with Gasteiger partial charge in [-0.3, -0.25) is 9.59 Å². The summed E-state index contributed by atoms with van der Waals surface area (Å²) in [5.74, 6) is -1.76. The largest absolute Gasteiger partial charge is 0.457 e. The lowest BCUT2D eigenvalue weighted by Gasteiger charge is -2.34. The zero-order valence-corrected chi connectivity index (χ0v) is 23.6. The Labute approximate surface area is 220 Å². The lowest BCUT2D eigenvalue weighted by molar-refractivity contribution is -0.154. The second kappa shape index (κ2) is 14.4. The summed E-state index contributed by atoms with van der Waals surface area (Å²) in [6, 6.07) is 0. The maximum absolute atomic E-state index is 13.2. The van der Waals surface area contributed by atoms with Crippen molar-refractivity contribution in [3.8, 4) is 0 Å². The van der Waals surface area contributed by atoms with Crippen LogP contribution in [0.15, 0.2) is 47.9 Å². The molecule has 0 bridgehead atoms. The molecule has 6 nitrogen and oxygen atoms in total. The Balaban J connectivity index is 2.98. The average molecular weight is 518 g/mol. The number of aryl methyl sites for hydroxylation is 1. The van der Waals surface area contributed by atoms with E-state index in [1.54, 1.807) is 32.9 Å². The summed E-state index contributed by atoms with van der Waals surface area (Å²) in [6.07, 6.45) is 5.23. The van der Waals surface area contributed by atoms with Crippen molar-refractivity contribution in [2.24, 2.45) is 17.3 Å². The first-order valence-corrected chi connectivity index (χ1v) is 13.2. The number of nitrogens with zero attached hydrogens (tertiary/aromatic N) is 1. The molecule has 200 valence electrons. The van der Waals surface area contributed by atoms with Gasteiger partial charge in [0.2, 0.25) is 0 Å². The topological polar surface area (TPSA) is 96.7 Å². The van der Waals surface area contributed by atoms with Crippen LogP contribution in [-0.2, 0) is 14.3 Å². The predicted molar refractivity (Wildman–Crippen MR) is 148 cm³/mol. The third kappa shape index (κ3) is 9.26. The third-order valence-electron chi connectivity index (χ3n) is 6.65. The molecule has 0 amide bonds. The lowest BCUT2D eigenvalue weighted by Crippen LogP contribution is -2.45. The molecule has 0 aliphatic heterocycles. The Morgan fingerprint density at radius 2 is 1.83 bits per heavy atom. The Morgan fingerprint density at radius 1 is 1.19 bits per heavy atom. The molecule has 0 aromatic carbocycles. The van der Waals surface area contributed by atoms with E-state index in [0.29, 0.717) is 12.8 Å². The van der Waals surface area contributed by atoms with Gasteiger partial charge < -0.3 is 14.9 Å². The summed E-state index contributed by atoms with van der Waals surface area (Å²) in [6.45, 7) is 19.8. The van der Waals surface area contributed by atoms with E-state index in [4.69, 9.17) is 4.74 Å². The van der Waals surface area contributed by atoms with E-state index in [0.717, 1.165) is 21.8 Å². The normalized spacial score (nSPS) is 17.0. The first kappa shape index (κ1) is 31.7. The summed E-state index contributed by atoms with van der Waals surface area (Å²) >= 11 is 1.54. The molecule has 1 aromatic rings. The summed E-state index contributed by atoms with van der Waals surface area (Å²) in [7, 11) is 0. The van der Waals surface area contributed by atoms with Gasteiger partial charge in [0.25, 0.3) is 0 Å². The van der Waals surface area contributed by atoms with E-state index in [2.05, 4.69) is 18.1 Å². The third-order valence-corrected chi connectivity index (χ3v) is 7.44. The highest BCUT2D eigenvalue weighted by Gasteiger charge is 2.42. The molecule has 0 aliphatic rings. The smallest absolute Gasteiger partial charge is 0.309 e. The number of rotatable bonds is 15. The van der Waals surface area contributed by atoms with Gasteiger partial charge in [-0.15, -0.1) is 17.9 Å². The van der Waals surface area contributed by atoms with Crippen molar-refractivity contribution in [2.75, 3.05) is 0 Å². The van der Waals surface area contributed by atoms with Gasteiger partial charge in [0.15, 0.2) is 0 Å². The molecule has 1 heterocycles. The Morgan fingerprint density at radius 3 is 2.36 bits per heavy atom. The fourth-order valence-corrected chi connectivity index (χ4v) is 4.47. The van der Waals surface area contributed by atoms with Gasteiger partial charge in [-0.1, -0.05) is 58.1 Å². The van der Waals surface area contributed by atoms with Crippen LogP contribution in [0.1, 0.15) is 71.5 Å². The monoisotopic (exact) mass is 517 g/mol. The number of aliphatic hydroxyl groups excluding tert-OH is 2. The Kier molecular flexibility index (Phi) is 12.7. The van der Waals surface area contributed by atoms with Crippen LogP contribution in [0.2, 0.25) is 0 Å². The second-order valence-electron chi connectivity index (χ2n) is 10.1. The average Bonchev–Trinajstić information content (AvgIpc) is 3.23. The summed E-state index contributed by atoms with van der Waals surface area (Å²) in [5, 5.41) is 24.3. The molecule has 0 spiro atoms. The number of aliphatic hydroxyl groups is 2. The van der Waals surface area contributed by atoms with Crippen molar-refractivity contribution in [2.45, 2.75) is 86.0 Å². The van der Waals surface area contributed by atoms with Gasteiger partial charge >= 0.3 is 5.97 Å². The van der Waals surface area contributed by atoms with Crippen molar-refractivity contribution >= 4 is 29.2 Å². The number of Topliss-reactive ketones (excluding diaryl/α,β-unsaturated/α-hetero) is 1. The second-order valence-corrected chi connectivity index (χ2v) is 11.2. The van der Waals surface area contributed by atoms with Crippen LogP contribution >= 0.6 is 11.3 Å². The molecule has 36 heavy (non-hydrogen) atoms. The molecule has 0 unspecified atom stereocenters. The number of thiazole rings is 1. The van der Waals surface area contributed by atoms with Gasteiger partial charge in [-0.05, 0) is 44.8 Å². The van der Waals surface area contributed by atoms with Crippen LogP contribution < -0.4 is 0 Å². The molecule has 5 atom stereocenters. The lowest BCUT2D eigenvalue weighted by atomic mass is 9.73. The number of hydrogen-bond acceptors (Lipinski definition) is 7. The SMILES string of the molecule is C=CC[C@H](C)[C@H](O)[C@@H](C)C(=O)C(C)(C)[C@@H](O)CC(=O)O[C@@H](CC=C(C)C=C)C(C)=Cc1csc(C)n1. The van der Waals surface area contributed by atoms with Gasteiger partial charge in [0, 0.05) is 17.7 Å². The maximum atomic E-state index is 13.2. The van der Waals surface area contributed by atoms with E-state index in [1.165, 1.54) is 11.3 Å². The highest BCUT2D eigenvalue weighted by Crippen LogP contribution is 2.31. The zero-order valence-electron chi connectivity index (χ0n) is 22.8. The van der Waals surface area contributed by atoms with Gasteiger partial charge in [-0.2, -0.15) is 0 Å². The number of hydrogen-bond donors (Lipinski definition) is 2. The molecule has 1 aromatic heterocycles. The highest BCUT2D eigenvalue weighted by atomic mass is 32.1. The Hall–Kier alpha value is -2.35. The number of aromatic nitrogens is 1. The van der Waals surface area contributed by atoms with Crippen LogP contribution in [0, 0.1) is 24.2 Å². The number of esters is 1. The predicted octanol–water partition coefficient (Wildman–Crippen LogP) is 5.84. The molecular weight excluding hydrogens is 474 g/mol. The van der Waals surface area contributed by atoms with Crippen molar-refractivity contribution in [3.05, 3.63) is 58.6 Å². The fraction of sp³-hybridized carbons (Fsp3) is 0.552. The molecule has 0 fully saturated rings. The summed E-state index contributed by atoms with van der Waals surface area (Å²) in [5.41, 5.74) is 1.33. The number of allylic oxidation sites excluding steroid dienone is 3. The quantitative estimate of drug-likeness (QED) is 0.172. The minimum Gasteiger partial charge on any atom is -0.457 e. The van der Waals surface area contributed by atoms with Gasteiger partial charge in [0.05, 0.1) is 34.7 Å². The molecule has 7 heteroatoms. The molecule has 1 rings (SSSR count). The number of ketones is 1. The van der Waals surface area contributed by atoms with E-state index >= 15 is 0 Å².